The maximum Gasteiger partial charge on any atom is 0.250 e. The number of aromatic nitrogens is 2. The van der Waals surface area contributed by atoms with Crippen molar-refractivity contribution >= 4 is 21.4 Å². The van der Waals surface area contributed by atoms with Crippen LogP contribution in [0.15, 0.2) is 45.1 Å². The number of hydrogen-bond donors (Lipinski definition) is 1. The highest BCUT2D eigenvalue weighted by atomic mass is 32.2. The second-order valence-electron chi connectivity index (χ2n) is 5.03. The van der Waals surface area contributed by atoms with Crippen molar-refractivity contribution in [1.82, 2.24) is 14.9 Å². The molecule has 0 fully saturated rings. The molecular formula is C15H14FN3O3S2. The van der Waals surface area contributed by atoms with E-state index in [9.17, 15) is 12.8 Å². The van der Waals surface area contributed by atoms with E-state index >= 15 is 0 Å². The Morgan fingerprint density at radius 1 is 1.21 bits per heavy atom. The van der Waals surface area contributed by atoms with Crippen LogP contribution in [0.4, 0.5) is 4.39 Å². The van der Waals surface area contributed by atoms with Crippen LogP contribution in [0.3, 0.4) is 0 Å². The average Bonchev–Trinajstić information content (AvgIpc) is 3.17. The summed E-state index contributed by atoms with van der Waals surface area (Å²) >= 11 is 1.21. The minimum Gasteiger partial charge on any atom is -0.339 e. The Balaban J connectivity index is 1.61. The Bertz CT molecular complexity index is 933. The molecule has 126 valence electrons. The molecule has 0 atom stereocenters. The lowest BCUT2D eigenvalue weighted by Gasteiger charge is -2.02. The van der Waals surface area contributed by atoms with Crippen molar-refractivity contribution in [2.75, 3.05) is 6.54 Å². The van der Waals surface area contributed by atoms with Gasteiger partial charge in [0.1, 0.15) is 10.0 Å². The zero-order valence-electron chi connectivity index (χ0n) is 12.7. The third kappa shape index (κ3) is 3.86. The number of nitrogens with zero attached hydrogens (tertiary/aromatic N) is 2. The molecular weight excluding hydrogens is 353 g/mol. The van der Waals surface area contributed by atoms with Gasteiger partial charge in [0.2, 0.25) is 21.7 Å². The Labute approximate surface area is 142 Å². The molecule has 9 heteroatoms. The van der Waals surface area contributed by atoms with Crippen LogP contribution in [0.5, 0.6) is 0 Å². The van der Waals surface area contributed by atoms with Gasteiger partial charge < -0.3 is 4.52 Å². The van der Waals surface area contributed by atoms with E-state index in [1.165, 1.54) is 23.5 Å². The first-order chi connectivity index (χ1) is 11.4. The smallest absolute Gasteiger partial charge is 0.250 e. The van der Waals surface area contributed by atoms with Gasteiger partial charge >= 0.3 is 0 Å². The fraction of sp³-hybridized carbons (Fsp3) is 0.200. The van der Waals surface area contributed by atoms with Gasteiger partial charge in [-0.05, 0) is 43.3 Å². The van der Waals surface area contributed by atoms with E-state index in [4.69, 9.17) is 4.52 Å². The normalized spacial score (nSPS) is 11.8. The molecule has 3 aromatic rings. The second-order valence-corrected chi connectivity index (χ2v) is 8.31. The molecule has 3 rings (SSSR count). The minimum atomic E-state index is -3.52. The predicted octanol–water partition coefficient (Wildman–Crippen LogP) is 2.77. The minimum absolute atomic E-state index is 0.143. The highest BCUT2D eigenvalue weighted by molar-refractivity contribution is 7.91. The predicted molar refractivity (Wildman–Crippen MR) is 87.6 cm³/mol. The molecule has 6 nitrogen and oxygen atoms in total. The summed E-state index contributed by atoms with van der Waals surface area (Å²) in [5, 5.41) is 3.81. The molecule has 0 radical (unpaired) electrons. The quantitative estimate of drug-likeness (QED) is 0.724. The summed E-state index contributed by atoms with van der Waals surface area (Å²) in [7, 11) is -3.52. The Kier molecular flexibility index (Phi) is 4.74. The molecule has 0 saturated carbocycles. The number of sulfonamides is 1. The maximum absolute atomic E-state index is 12.9. The summed E-state index contributed by atoms with van der Waals surface area (Å²) < 4.78 is 44.9. The molecule has 2 aromatic heterocycles. The Hall–Kier alpha value is -2.10. The van der Waals surface area contributed by atoms with Crippen LogP contribution in [0.1, 0.15) is 10.8 Å². The van der Waals surface area contributed by atoms with Crippen LogP contribution in [0.25, 0.3) is 11.4 Å². The van der Waals surface area contributed by atoms with Gasteiger partial charge in [-0.1, -0.05) is 5.16 Å². The van der Waals surface area contributed by atoms with Crippen LogP contribution in [0.2, 0.25) is 0 Å². The molecule has 0 spiro atoms. The summed E-state index contributed by atoms with van der Waals surface area (Å²) in [5.41, 5.74) is 0.626. The topological polar surface area (TPSA) is 85.1 Å². The number of nitrogens with one attached hydrogen (secondary N) is 1. The standard InChI is InChI=1S/C15H14FN3O3S2/c1-10-2-7-14(23-10)24(20,21)17-9-8-13-18-15(19-22-13)11-3-5-12(16)6-4-11/h2-7,17H,8-9H2,1H3. The van der Waals surface area contributed by atoms with Gasteiger partial charge in [0, 0.05) is 23.4 Å². The lowest BCUT2D eigenvalue weighted by atomic mass is 10.2. The Morgan fingerprint density at radius 3 is 2.62 bits per heavy atom. The van der Waals surface area contributed by atoms with Crippen molar-refractivity contribution < 1.29 is 17.3 Å². The van der Waals surface area contributed by atoms with Gasteiger partial charge in [0.15, 0.2) is 0 Å². The van der Waals surface area contributed by atoms with E-state index in [0.717, 1.165) is 4.88 Å². The van der Waals surface area contributed by atoms with Crippen LogP contribution >= 0.6 is 11.3 Å². The summed E-state index contributed by atoms with van der Waals surface area (Å²) in [4.78, 5) is 5.10. The molecule has 0 amide bonds. The molecule has 0 unspecified atom stereocenters. The molecule has 2 heterocycles. The van der Waals surface area contributed by atoms with E-state index < -0.39 is 10.0 Å². The average molecular weight is 367 g/mol. The van der Waals surface area contributed by atoms with Gasteiger partial charge in [0.05, 0.1) is 0 Å². The monoisotopic (exact) mass is 367 g/mol. The number of halogens is 1. The molecule has 1 aromatic carbocycles. The van der Waals surface area contributed by atoms with Gasteiger partial charge in [-0.2, -0.15) is 4.98 Å². The van der Waals surface area contributed by atoms with E-state index in [2.05, 4.69) is 14.9 Å². The first-order valence-corrected chi connectivity index (χ1v) is 9.39. The second kappa shape index (κ2) is 6.80. The first kappa shape index (κ1) is 16.7. The lowest BCUT2D eigenvalue weighted by molar-refractivity contribution is 0.379. The van der Waals surface area contributed by atoms with Crippen molar-refractivity contribution in [1.29, 1.82) is 0 Å². The molecule has 24 heavy (non-hydrogen) atoms. The number of thiophene rings is 1. The molecule has 1 N–H and O–H groups in total. The number of benzene rings is 1. The van der Waals surface area contributed by atoms with E-state index in [1.54, 1.807) is 24.3 Å². The fourth-order valence-electron chi connectivity index (χ4n) is 1.99. The SMILES string of the molecule is Cc1ccc(S(=O)(=O)NCCc2nc(-c3ccc(F)cc3)no2)s1. The number of rotatable bonds is 6. The van der Waals surface area contributed by atoms with Crippen molar-refractivity contribution in [2.45, 2.75) is 17.6 Å². The van der Waals surface area contributed by atoms with E-state index in [0.29, 0.717) is 17.3 Å². The van der Waals surface area contributed by atoms with Gasteiger partial charge in [-0.3, -0.25) is 0 Å². The highest BCUT2D eigenvalue weighted by Crippen LogP contribution is 2.20. The lowest BCUT2D eigenvalue weighted by Crippen LogP contribution is -2.25. The number of aryl methyl sites for hydroxylation is 1. The molecule has 0 aliphatic rings. The van der Waals surface area contributed by atoms with Crippen molar-refractivity contribution in [3.05, 3.63) is 53.0 Å². The summed E-state index contributed by atoms with van der Waals surface area (Å²) in [6, 6.07) is 9.04. The Morgan fingerprint density at radius 2 is 1.96 bits per heavy atom. The first-order valence-electron chi connectivity index (χ1n) is 7.09. The summed E-state index contributed by atoms with van der Waals surface area (Å²) in [6.07, 6.45) is 0.262. The van der Waals surface area contributed by atoms with Gasteiger partial charge in [-0.15, -0.1) is 11.3 Å². The zero-order chi connectivity index (χ0) is 17.2. The van der Waals surface area contributed by atoms with Crippen molar-refractivity contribution in [3.63, 3.8) is 0 Å². The number of hydrogen-bond acceptors (Lipinski definition) is 6. The summed E-state index contributed by atoms with van der Waals surface area (Å²) in [5.74, 6) is 0.293. The third-order valence-electron chi connectivity index (χ3n) is 3.18. The zero-order valence-corrected chi connectivity index (χ0v) is 14.3. The van der Waals surface area contributed by atoms with Crippen LogP contribution < -0.4 is 4.72 Å². The van der Waals surface area contributed by atoms with E-state index in [-0.39, 0.29) is 23.0 Å². The fourth-order valence-corrected chi connectivity index (χ4v) is 4.35. The molecule has 0 aliphatic heterocycles. The molecule has 0 bridgehead atoms. The van der Waals surface area contributed by atoms with Gasteiger partial charge in [-0.25, -0.2) is 17.5 Å². The molecule has 0 saturated heterocycles. The van der Waals surface area contributed by atoms with E-state index in [1.807, 2.05) is 6.92 Å². The van der Waals surface area contributed by atoms with Crippen LogP contribution in [0, 0.1) is 12.7 Å². The van der Waals surface area contributed by atoms with Crippen LogP contribution in [-0.4, -0.2) is 25.1 Å². The van der Waals surface area contributed by atoms with Gasteiger partial charge in [0.25, 0.3) is 0 Å². The maximum atomic E-state index is 12.9. The van der Waals surface area contributed by atoms with Crippen LogP contribution in [-0.2, 0) is 16.4 Å². The third-order valence-corrected chi connectivity index (χ3v) is 6.14. The largest absolute Gasteiger partial charge is 0.339 e. The van der Waals surface area contributed by atoms with Crippen molar-refractivity contribution in [3.8, 4) is 11.4 Å². The molecule has 0 aliphatic carbocycles. The van der Waals surface area contributed by atoms with Crippen molar-refractivity contribution in [2.24, 2.45) is 0 Å². The highest BCUT2D eigenvalue weighted by Gasteiger charge is 2.16. The summed E-state index contributed by atoms with van der Waals surface area (Å²) in [6.45, 7) is 1.99.